The molecule has 1 saturated heterocycles. The summed E-state index contributed by atoms with van der Waals surface area (Å²) in [7, 11) is 0. The quantitative estimate of drug-likeness (QED) is 0.667. The molecule has 3 rings (SSSR count). The molecule has 0 aliphatic carbocycles. The number of rotatable bonds is 5. The number of nitrogens with zero attached hydrogens (tertiary/aromatic N) is 1. The summed E-state index contributed by atoms with van der Waals surface area (Å²) < 4.78 is 0. The zero-order valence-corrected chi connectivity index (χ0v) is 12.8. The second kappa shape index (κ2) is 7.54. The molecular formula is C19H23NO2. The van der Waals surface area contributed by atoms with Crippen molar-refractivity contribution in [3.05, 3.63) is 71.3 Å². The first-order valence-corrected chi connectivity index (χ1v) is 7.96. The van der Waals surface area contributed by atoms with Crippen molar-refractivity contribution < 1.29 is 10.1 Å². The van der Waals surface area contributed by atoms with E-state index in [-0.39, 0.29) is 6.61 Å². The van der Waals surface area contributed by atoms with Gasteiger partial charge in [-0.3, -0.25) is 10.2 Å². The second-order valence-corrected chi connectivity index (χ2v) is 6.05. The molecule has 1 fully saturated rings. The molecule has 1 aliphatic rings. The van der Waals surface area contributed by atoms with E-state index < -0.39 is 0 Å². The summed E-state index contributed by atoms with van der Waals surface area (Å²) in [6.07, 6.45) is 2.47. The van der Waals surface area contributed by atoms with Gasteiger partial charge in [0.05, 0.1) is 0 Å². The third-order valence-electron chi connectivity index (χ3n) is 4.52. The van der Waals surface area contributed by atoms with Crippen LogP contribution in [-0.4, -0.2) is 23.2 Å². The maximum absolute atomic E-state index is 8.46. The molecule has 0 amide bonds. The van der Waals surface area contributed by atoms with Gasteiger partial charge in [-0.15, -0.1) is 0 Å². The fraction of sp³-hybridized carbons (Fsp3) is 0.368. The normalized spacial score (nSPS) is 16.8. The van der Waals surface area contributed by atoms with Crippen molar-refractivity contribution >= 4 is 0 Å². The van der Waals surface area contributed by atoms with E-state index in [0.717, 1.165) is 25.2 Å². The molecule has 1 aliphatic heterocycles. The first-order chi connectivity index (χ1) is 10.8. The van der Waals surface area contributed by atoms with Gasteiger partial charge in [0, 0.05) is 6.54 Å². The number of piperidine rings is 1. The monoisotopic (exact) mass is 297 g/mol. The Bertz CT molecular complexity index is 560. The molecular weight excluding hydrogens is 274 g/mol. The van der Waals surface area contributed by atoms with Crippen LogP contribution in [0.1, 0.15) is 35.4 Å². The van der Waals surface area contributed by atoms with Crippen molar-refractivity contribution in [3.8, 4) is 0 Å². The van der Waals surface area contributed by atoms with Crippen LogP contribution in [-0.2, 0) is 18.0 Å². The minimum absolute atomic E-state index is 0.253. The van der Waals surface area contributed by atoms with Gasteiger partial charge in [0.2, 0.25) is 0 Å². The highest BCUT2D eigenvalue weighted by atomic mass is 17.1. The fourth-order valence-corrected chi connectivity index (χ4v) is 3.22. The molecule has 3 nitrogen and oxygen atoms in total. The summed E-state index contributed by atoms with van der Waals surface area (Å²) in [6, 6.07) is 19.1. The first-order valence-electron chi connectivity index (χ1n) is 7.96. The molecule has 0 bridgehead atoms. The third kappa shape index (κ3) is 3.95. The Balaban J connectivity index is 1.51. The zero-order chi connectivity index (χ0) is 15.2. The second-order valence-electron chi connectivity index (χ2n) is 6.05. The van der Waals surface area contributed by atoms with E-state index in [1.54, 1.807) is 0 Å². The van der Waals surface area contributed by atoms with Gasteiger partial charge < -0.3 is 0 Å². The Labute approximate surface area is 132 Å². The Kier molecular flexibility index (Phi) is 5.22. The van der Waals surface area contributed by atoms with Gasteiger partial charge in [0.1, 0.15) is 6.61 Å². The van der Waals surface area contributed by atoms with E-state index in [1.165, 1.54) is 24.0 Å². The molecule has 0 aromatic heterocycles. The van der Waals surface area contributed by atoms with Crippen molar-refractivity contribution in [3.63, 3.8) is 0 Å². The topological polar surface area (TPSA) is 32.7 Å². The maximum Gasteiger partial charge on any atom is 0.107 e. The molecule has 116 valence electrons. The van der Waals surface area contributed by atoms with Crippen molar-refractivity contribution in [2.75, 3.05) is 13.1 Å². The lowest BCUT2D eigenvalue weighted by atomic mass is 9.89. The highest BCUT2D eigenvalue weighted by Crippen LogP contribution is 2.28. The van der Waals surface area contributed by atoms with E-state index in [1.807, 2.05) is 12.1 Å². The van der Waals surface area contributed by atoms with E-state index >= 15 is 0 Å². The van der Waals surface area contributed by atoms with Gasteiger partial charge in [-0.25, -0.2) is 4.89 Å². The lowest BCUT2D eigenvalue weighted by Gasteiger charge is -2.32. The van der Waals surface area contributed by atoms with Crippen molar-refractivity contribution in [1.29, 1.82) is 0 Å². The van der Waals surface area contributed by atoms with Gasteiger partial charge in [-0.05, 0) is 48.5 Å². The van der Waals surface area contributed by atoms with Crippen LogP contribution in [0.5, 0.6) is 0 Å². The average molecular weight is 297 g/mol. The predicted molar refractivity (Wildman–Crippen MR) is 87.6 cm³/mol. The number of hydrogen-bond donors (Lipinski definition) is 1. The van der Waals surface area contributed by atoms with Crippen LogP contribution >= 0.6 is 0 Å². The highest BCUT2D eigenvalue weighted by molar-refractivity contribution is 5.23. The molecule has 2 aromatic carbocycles. The summed E-state index contributed by atoms with van der Waals surface area (Å²) >= 11 is 0. The molecule has 1 heterocycles. The average Bonchev–Trinajstić information content (AvgIpc) is 2.58. The fourth-order valence-electron chi connectivity index (χ4n) is 3.22. The summed E-state index contributed by atoms with van der Waals surface area (Å²) in [6.45, 7) is 3.56. The van der Waals surface area contributed by atoms with Gasteiger partial charge >= 0.3 is 0 Å². The summed E-state index contributed by atoms with van der Waals surface area (Å²) in [5, 5.41) is 8.46. The molecule has 0 unspecified atom stereocenters. The molecule has 22 heavy (non-hydrogen) atoms. The number of hydrogen-bond acceptors (Lipinski definition) is 3. The Morgan fingerprint density at radius 2 is 1.55 bits per heavy atom. The van der Waals surface area contributed by atoms with Crippen LogP contribution in [0.25, 0.3) is 0 Å². The summed E-state index contributed by atoms with van der Waals surface area (Å²) in [4.78, 5) is 6.69. The zero-order valence-electron chi connectivity index (χ0n) is 12.8. The molecule has 0 spiro atoms. The molecule has 3 heteroatoms. The Morgan fingerprint density at radius 3 is 2.18 bits per heavy atom. The van der Waals surface area contributed by atoms with Gasteiger partial charge in [0.15, 0.2) is 0 Å². The minimum atomic E-state index is 0.253. The van der Waals surface area contributed by atoms with Crippen molar-refractivity contribution in [1.82, 2.24) is 4.90 Å². The molecule has 0 atom stereocenters. The largest absolute Gasteiger partial charge is 0.299 e. The van der Waals surface area contributed by atoms with Gasteiger partial charge in [-0.1, -0.05) is 54.6 Å². The lowest BCUT2D eigenvalue weighted by Crippen LogP contribution is -2.32. The van der Waals surface area contributed by atoms with Crippen molar-refractivity contribution in [2.24, 2.45) is 0 Å². The van der Waals surface area contributed by atoms with Crippen LogP contribution in [0.15, 0.2) is 54.6 Å². The molecule has 0 radical (unpaired) electrons. The number of likely N-dealkylation sites (tertiary alicyclic amines) is 1. The number of benzene rings is 2. The summed E-state index contributed by atoms with van der Waals surface area (Å²) in [5.74, 6) is 0.710. The standard InChI is InChI=1S/C19H23NO2/c21-22-15-17-8-6-16(7-9-17)14-20-12-10-19(11-13-20)18-4-2-1-3-5-18/h1-9,19,21H,10-15H2. The maximum atomic E-state index is 8.46. The molecule has 1 N–H and O–H groups in total. The predicted octanol–water partition coefficient (Wildman–Crippen LogP) is 4.06. The van der Waals surface area contributed by atoms with Crippen LogP contribution in [0.2, 0.25) is 0 Å². The Morgan fingerprint density at radius 1 is 0.909 bits per heavy atom. The lowest BCUT2D eigenvalue weighted by molar-refractivity contribution is -0.253. The van der Waals surface area contributed by atoms with E-state index in [0.29, 0.717) is 5.92 Å². The van der Waals surface area contributed by atoms with Crippen LogP contribution in [0.3, 0.4) is 0 Å². The summed E-state index contributed by atoms with van der Waals surface area (Å²) in [5.41, 5.74) is 3.80. The molecule has 2 aromatic rings. The first kappa shape index (κ1) is 15.2. The van der Waals surface area contributed by atoms with Crippen LogP contribution in [0, 0.1) is 0 Å². The third-order valence-corrected chi connectivity index (χ3v) is 4.52. The van der Waals surface area contributed by atoms with Crippen LogP contribution in [0.4, 0.5) is 0 Å². The molecule has 0 saturated carbocycles. The Hall–Kier alpha value is -1.68. The minimum Gasteiger partial charge on any atom is -0.299 e. The van der Waals surface area contributed by atoms with Crippen molar-refractivity contribution in [2.45, 2.75) is 31.9 Å². The van der Waals surface area contributed by atoms with E-state index in [2.05, 4.69) is 52.3 Å². The smallest absolute Gasteiger partial charge is 0.107 e. The van der Waals surface area contributed by atoms with Crippen LogP contribution < -0.4 is 0 Å². The van der Waals surface area contributed by atoms with E-state index in [9.17, 15) is 0 Å². The van der Waals surface area contributed by atoms with Gasteiger partial charge in [-0.2, -0.15) is 0 Å². The van der Waals surface area contributed by atoms with Gasteiger partial charge in [0.25, 0.3) is 0 Å². The SMILES string of the molecule is OOCc1ccc(CN2CCC(c3ccccc3)CC2)cc1. The van der Waals surface area contributed by atoms with E-state index in [4.69, 9.17) is 5.26 Å². The highest BCUT2D eigenvalue weighted by Gasteiger charge is 2.20.